The number of hydrogen-bond donors (Lipinski definition) is 0. The zero-order valence-corrected chi connectivity index (χ0v) is 12.1. The molecule has 98 valence electrons. The van der Waals surface area contributed by atoms with Gasteiger partial charge in [-0.25, -0.2) is 0 Å². The zero-order valence-electron chi connectivity index (χ0n) is 12.1. The minimum Gasteiger partial charge on any atom is -0.441 e. The van der Waals surface area contributed by atoms with Crippen LogP contribution in [-0.2, 0) is 12.0 Å². The first-order valence-corrected chi connectivity index (χ1v) is 6.56. The van der Waals surface area contributed by atoms with Gasteiger partial charge in [-0.1, -0.05) is 26.8 Å². The molecule has 0 saturated heterocycles. The van der Waals surface area contributed by atoms with Gasteiger partial charge in [-0.05, 0) is 43.5 Å². The number of rotatable bonds is 1. The first kappa shape index (κ1) is 13.0. The second kappa shape index (κ2) is 4.34. The van der Waals surface area contributed by atoms with E-state index in [1.807, 2.05) is 0 Å². The van der Waals surface area contributed by atoms with Gasteiger partial charge in [0.2, 0.25) is 0 Å². The Morgan fingerprint density at radius 3 is 2.50 bits per heavy atom. The van der Waals surface area contributed by atoms with Crippen LogP contribution in [0.4, 0.5) is 0 Å². The maximum absolute atomic E-state index is 5.80. The molecular weight excluding hydrogens is 222 g/mol. The number of benzene rings is 1. The van der Waals surface area contributed by atoms with Gasteiger partial charge in [0.1, 0.15) is 5.75 Å². The van der Waals surface area contributed by atoms with E-state index in [4.69, 9.17) is 4.74 Å². The Bertz CT molecular complexity index is 468. The lowest BCUT2D eigenvalue weighted by molar-refractivity contribution is 0.151. The normalized spacial score (nSPS) is 15.7. The van der Waals surface area contributed by atoms with Gasteiger partial charge in [0, 0.05) is 18.2 Å². The van der Waals surface area contributed by atoms with Crippen LogP contribution in [-0.4, -0.2) is 10.9 Å². The van der Waals surface area contributed by atoms with E-state index in [-0.39, 0.29) is 5.41 Å². The number of ether oxygens (including phenoxy) is 1. The molecule has 2 nitrogen and oxygen atoms in total. The number of hydrogen-bond acceptors (Lipinski definition) is 2. The molecule has 0 N–H and O–H groups in total. The molecule has 0 atom stereocenters. The van der Waals surface area contributed by atoms with Crippen LogP contribution in [0.25, 0.3) is 0 Å². The Morgan fingerprint density at radius 1 is 1.28 bits per heavy atom. The molecule has 2 heteroatoms. The lowest BCUT2D eigenvalue weighted by Gasteiger charge is -2.35. The van der Waals surface area contributed by atoms with E-state index in [0.717, 1.165) is 18.2 Å². The summed E-state index contributed by atoms with van der Waals surface area (Å²) >= 11 is 0. The monoisotopic (exact) mass is 245 g/mol. The van der Waals surface area contributed by atoms with Crippen molar-refractivity contribution in [1.29, 1.82) is 0 Å². The Labute approximate surface area is 110 Å². The highest BCUT2D eigenvalue weighted by Gasteiger charge is 2.24. The molecule has 0 bridgehead atoms. The molecular formula is C16H23NO. The fourth-order valence-corrected chi connectivity index (χ4v) is 2.20. The van der Waals surface area contributed by atoms with Gasteiger partial charge in [-0.15, -0.1) is 0 Å². The van der Waals surface area contributed by atoms with Crippen LogP contribution < -0.4 is 4.74 Å². The summed E-state index contributed by atoms with van der Waals surface area (Å²) in [5.41, 5.74) is 2.77. The average molecular weight is 245 g/mol. The minimum atomic E-state index is 0.173. The van der Waals surface area contributed by atoms with E-state index < -0.39 is 0 Å². The van der Waals surface area contributed by atoms with Gasteiger partial charge in [0.25, 0.3) is 0 Å². The Hall–Kier alpha value is -1.44. The van der Waals surface area contributed by atoms with Crippen molar-refractivity contribution in [2.24, 2.45) is 0 Å². The molecule has 0 saturated carbocycles. The molecule has 0 spiro atoms. The van der Waals surface area contributed by atoms with Crippen molar-refractivity contribution in [3.8, 4) is 5.75 Å². The summed E-state index contributed by atoms with van der Waals surface area (Å²) in [4.78, 5) is 2.19. The van der Waals surface area contributed by atoms with Gasteiger partial charge >= 0.3 is 0 Å². The standard InChI is InChI=1S/C16H23NO/c1-11(2)17-10-13-9-14(16(4,5)6)7-8-15(13)18-12(17)3/h7-9,11H,3,10H2,1-2,4-6H3. The second-order valence-electron chi connectivity index (χ2n) is 6.29. The molecule has 0 radical (unpaired) electrons. The van der Waals surface area contributed by atoms with Gasteiger partial charge in [0.15, 0.2) is 5.88 Å². The fraction of sp³-hybridized carbons (Fsp3) is 0.500. The minimum absolute atomic E-state index is 0.173. The summed E-state index contributed by atoms with van der Waals surface area (Å²) in [6, 6.07) is 6.89. The molecule has 1 heterocycles. The van der Waals surface area contributed by atoms with E-state index in [0.29, 0.717) is 6.04 Å². The van der Waals surface area contributed by atoms with Crippen molar-refractivity contribution < 1.29 is 4.74 Å². The molecule has 1 aromatic rings. The molecule has 18 heavy (non-hydrogen) atoms. The van der Waals surface area contributed by atoms with Crippen molar-refractivity contribution in [2.75, 3.05) is 0 Å². The summed E-state index contributed by atoms with van der Waals surface area (Å²) < 4.78 is 5.80. The first-order valence-electron chi connectivity index (χ1n) is 6.56. The predicted molar refractivity (Wildman–Crippen MR) is 75.6 cm³/mol. The van der Waals surface area contributed by atoms with Crippen LogP contribution in [0.1, 0.15) is 45.7 Å². The molecule has 0 aliphatic carbocycles. The average Bonchev–Trinajstić information content (AvgIpc) is 2.25. The third kappa shape index (κ3) is 2.38. The lowest BCUT2D eigenvalue weighted by Crippen LogP contribution is -2.34. The number of fused-ring (bicyclic) bond motifs is 1. The Morgan fingerprint density at radius 2 is 1.94 bits per heavy atom. The SMILES string of the molecule is C=C1Oc2ccc(C(C)(C)C)cc2CN1C(C)C. The topological polar surface area (TPSA) is 12.5 Å². The molecule has 1 aliphatic rings. The first-order chi connectivity index (χ1) is 8.29. The van der Waals surface area contributed by atoms with Crippen LogP contribution >= 0.6 is 0 Å². The van der Waals surface area contributed by atoms with E-state index in [1.165, 1.54) is 11.1 Å². The molecule has 0 fully saturated rings. The third-order valence-corrected chi connectivity index (χ3v) is 3.44. The quantitative estimate of drug-likeness (QED) is 0.740. The molecule has 0 aromatic heterocycles. The molecule has 1 aliphatic heterocycles. The van der Waals surface area contributed by atoms with Crippen LogP contribution in [0.3, 0.4) is 0 Å². The summed E-state index contributed by atoms with van der Waals surface area (Å²) in [5.74, 6) is 1.70. The van der Waals surface area contributed by atoms with Crippen LogP contribution in [0.15, 0.2) is 30.7 Å². The van der Waals surface area contributed by atoms with Crippen molar-refractivity contribution in [3.05, 3.63) is 41.8 Å². The van der Waals surface area contributed by atoms with Gasteiger partial charge in [0.05, 0.1) is 0 Å². The zero-order chi connectivity index (χ0) is 13.5. The van der Waals surface area contributed by atoms with Crippen molar-refractivity contribution in [2.45, 2.75) is 52.6 Å². The van der Waals surface area contributed by atoms with Gasteiger partial charge in [-0.3, -0.25) is 0 Å². The summed E-state index contributed by atoms with van der Waals surface area (Å²) in [6.07, 6.45) is 0. The molecule has 0 amide bonds. The van der Waals surface area contributed by atoms with Gasteiger partial charge in [-0.2, -0.15) is 0 Å². The fourth-order valence-electron chi connectivity index (χ4n) is 2.20. The van der Waals surface area contributed by atoms with Crippen LogP contribution in [0.5, 0.6) is 5.75 Å². The lowest BCUT2D eigenvalue weighted by atomic mass is 9.86. The van der Waals surface area contributed by atoms with Gasteiger partial charge < -0.3 is 9.64 Å². The maximum Gasteiger partial charge on any atom is 0.189 e. The smallest absolute Gasteiger partial charge is 0.189 e. The summed E-state index contributed by atoms with van der Waals surface area (Å²) in [5, 5.41) is 0. The predicted octanol–water partition coefficient (Wildman–Crippen LogP) is 4.06. The number of nitrogens with zero attached hydrogens (tertiary/aromatic N) is 1. The van der Waals surface area contributed by atoms with Crippen molar-refractivity contribution >= 4 is 0 Å². The summed E-state index contributed by atoms with van der Waals surface area (Å²) in [6.45, 7) is 15.9. The maximum atomic E-state index is 5.80. The van der Waals surface area contributed by atoms with E-state index in [2.05, 4.69) is 64.3 Å². The van der Waals surface area contributed by atoms with E-state index >= 15 is 0 Å². The Kier molecular flexibility index (Phi) is 3.14. The highest BCUT2D eigenvalue weighted by molar-refractivity contribution is 5.42. The summed E-state index contributed by atoms with van der Waals surface area (Å²) in [7, 11) is 0. The molecule has 0 unspecified atom stereocenters. The van der Waals surface area contributed by atoms with E-state index in [1.54, 1.807) is 0 Å². The largest absolute Gasteiger partial charge is 0.441 e. The highest BCUT2D eigenvalue weighted by Crippen LogP contribution is 2.34. The molecule has 2 rings (SSSR count). The van der Waals surface area contributed by atoms with Crippen LogP contribution in [0.2, 0.25) is 0 Å². The molecule has 1 aromatic carbocycles. The van der Waals surface area contributed by atoms with Crippen LogP contribution in [0, 0.1) is 0 Å². The Balaban J connectivity index is 2.37. The second-order valence-corrected chi connectivity index (χ2v) is 6.29. The van der Waals surface area contributed by atoms with Crippen molar-refractivity contribution in [3.63, 3.8) is 0 Å². The van der Waals surface area contributed by atoms with E-state index in [9.17, 15) is 0 Å². The highest BCUT2D eigenvalue weighted by atomic mass is 16.5. The van der Waals surface area contributed by atoms with Crippen molar-refractivity contribution in [1.82, 2.24) is 4.90 Å². The third-order valence-electron chi connectivity index (χ3n) is 3.44.